The van der Waals surface area contributed by atoms with E-state index in [4.69, 9.17) is 9.47 Å². The summed E-state index contributed by atoms with van der Waals surface area (Å²) in [7, 11) is 1.58. The Bertz CT molecular complexity index is 1340. The van der Waals surface area contributed by atoms with Gasteiger partial charge < -0.3 is 20.1 Å². The van der Waals surface area contributed by atoms with Gasteiger partial charge in [0.15, 0.2) is 11.5 Å². The molecule has 0 aliphatic carbocycles. The molecule has 2 N–H and O–H groups in total. The number of nitrogens with zero attached hydrogens (tertiary/aromatic N) is 1. The van der Waals surface area contributed by atoms with E-state index in [9.17, 15) is 9.59 Å². The molecule has 180 valence electrons. The Morgan fingerprint density at radius 2 is 1.80 bits per heavy atom. The van der Waals surface area contributed by atoms with Crippen LogP contribution in [0.2, 0.25) is 0 Å². The second-order valence-electron chi connectivity index (χ2n) is 9.42. The van der Waals surface area contributed by atoms with Crippen LogP contribution in [0.1, 0.15) is 35.2 Å². The number of amides is 3. The molecular formula is C28H29N3O4. The fourth-order valence-electron chi connectivity index (χ4n) is 5.25. The van der Waals surface area contributed by atoms with Crippen molar-refractivity contribution in [1.29, 1.82) is 0 Å². The number of ether oxygens (including phenoxy) is 2. The summed E-state index contributed by atoms with van der Waals surface area (Å²) in [5, 5.41) is 6.17. The van der Waals surface area contributed by atoms with Gasteiger partial charge in [0.1, 0.15) is 5.92 Å². The van der Waals surface area contributed by atoms with Crippen LogP contribution >= 0.6 is 0 Å². The molecule has 0 unspecified atom stereocenters. The van der Waals surface area contributed by atoms with Crippen LogP contribution in [0.4, 0.5) is 16.2 Å². The lowest BCUT2D eigenvalue weighted by Gasteiger charge is -2.54. The van der Waals surface area contributed by atoms with Gasteiger partial charge >= 0.3 is 6.03 Å². The van der Waals surface area contributed by atoms with Gasteiger partial charge in [-0.05, 0) is 63.1 Å². The normalized spacial score (nSPS) is 22.5. The Morgan fingerprint density at radius 1 is 1.06 bits per heavy atom. The molecule has 7 heteroatoms. The maximum Gasteiger partial charge on any atom is 0.325 e. The van der Waals surface area contributed by atoms with Gasteiger partial charge in [-0.2, -0.15) is 0 Å². The summed E-state index contributed by atoms with van der Waals surface area (Å²) in [6.07, 6.45) is 0. The summed E-state index contributed by atoms with van der Waals surface area (Å²) < 4.78 is 12.2. The minimum Gasteiger partial charge on any atom is -0.493 e. The van der Waals surface area contributed by atoms with E-state index in [0.29, 0.717) is 22.7 Å². The summed E-state index contributed by atoms with van der Waals surface area (Å²) in [6.45, 7) is 7.73. The molecule has 3 amide bonds. The zero-order chi connectivity index (χ0) is 24.9. The zero-order valence-electron chi connectivity index (χ0n) is 20.5. The molecule has 2 aliphatic rings. The topological polar surface area (TPSA) is 79.9 Å². The highest BCUT2D eigenvalue weighted by molar-refractivity contribution is 6.02. The highest BCUT2D eigenvalue weighted by Gasteiger charge is 2.60. The van der Waals surface area contributed by atoms with E-state index in [1.165, 1.54) is 4.90 Å². The Balaban J connectivity index is 1.65. The lowest BCUT2D eigenvalue weighted by molar-refractivity contribution is -0.131. The van der Waals surface area contributed by atoms with E-state index >= 15 is 0 Å². The van der Waals surface area contributed by atoms with E-state index in [2.05, 4.69) is 10.6 Å². The van der Waals surface area contributed by atoms with Crippen molar-refractivity contribution in [2.75, 3.05) is 17.3 Å². The standard InChI is InChI=1S/C28H29N3O4/c1-16-8-6-9-19(15-16)31-27(33)30-24-20-10-7-11-22(34-5)25(20)35-28(31,4)23(24)26(32)29-21-13-12-17(2)14-18(21)3/h6-15,23-24H,1-5H3,(H,29,32)(H,30,33)/t23-,24-,28-/m0/s1. The van der Waals surface area contributed by atoms with Crippen LogP contribution in [-0.4, -0.2) is 24.8 Å². The first kappa shape index (κ1) is 22.8. The summed E-state index contributed by atoms with van der Waals surface area (Å²) in [6, 6.07) is 18.1. The van der Waals surface area contributed by atoms with Crippen LogP contribution in [0.15, 0.2) is 60.7 Å². The third-order valence-electron chi connectivity index (χ3n) is 6.89. The minimum atomic E-state index is -1.31. The Morgan fingerprint density at radius 3 is 2.51 bits per heavy atom. The highest BCUT2D eigenvalue weighted by atomic mass is 16.5. The maximum atomic E-state index is 13.9. The van der Waals surface area contributed by atoms with Crippen molar-refractivity contribution in [3.63, 3.8) is 0 Å². The molecule has 5 rings (SSSR count). The van der Waals surface area contributed by atoms with Crippen LogP contribution in [0, 0.1) is 26.7 Å². The number of carbonyl (C=O) groups is 2. The van der Waals surface area contributed by atoms with E-state index in [-0.39, 0.29) is 11.9 Å². The molecule has 0 spiro atoms. The molecule has 2 heterocycles. The molecule has 7 nitrogen and oxygen atoms in total. The summed E-state index contributed by atoms with van der Waals surface area (Å²) >= 11 is 0. The van der Waals surface area contributed by atoms with Gasteiger partial charge in [-0.15, -0.1) is 0 Å². The molecule has 2 bridgehead atoms. The van der Waals surface area contributed by atoms with Crippen LogP contribution < -0.4 is 25.0 Å². The van der Waals surface area contributed by atoms with Gasteiger partial charge in [0.05, 0.1) is 13.2 Å². The van der Waals surface area contributed by atoms with Crippen molar-refractivity contribution in [1.82, 2.24) is 5.32 Å². The first-order valence-corrected chi connectivity index (χ1v) is 11.6. The van der Waals surface area contributed by atoms with E-state index < -0.39 is 17.7 Å². The van der Waals surface area contributed by atoms with Crippen LogP contribution in [-0.2, 0) is 4.79 Å². The highest BCUT2D eigenvalue weighted by Crippen LogP contribution is 2.52. The Labute approximate surface area is 205 Å². The average molecular weight is 472 g/mol. The van der Waals surface area contributed by atoms with Gasteiger partial charge in [-0.3, -0.25) is 9.69 Å². The van der Waals surface area contributed by atoms with Gasteiger partial charge in [0.25, 0.3) is 0 Å². The molecule has 0 radical (unpaired) electrons. The quantitative estimate of drug-likeness (QED) is 0.544. The number of carbonyl (C=O) groups excluding carboxylic acids is 2. The smallest absolute Gasteiger partial charge is 0.325 e. The van der Waals surface area contributed by atoms with Crippen molar-refractivity contribution in [3.8, 4) is 11.5 Å². The van der Waals surface area contributed by atoms with Gasteiger partial charge in [0.2, 0.25) is 11.6 Å². The lowest BCUT2D eigenvalue weighted by atomic mass is 9.78. The third-order valence-corrected chi connectivity index (χ3v) is 6.89. The van der Waals surface area contributed by atoms with Gasteiger partial charge in [-0.1, -0.05) is 42.0 Å². The number of aryl methyl sites for hydroxylation is 3. The molecule has 1 fully saturated rings. The number of methoxy groups -OCH3 is 1. The van der Waals surface area contributed by atoms with Crippen LogP contribution in [0.25, 0.3) is 0 Å². The largest absolute Gasteiger partial charge is 0.493 e. The number of rotatable bonds is 4. The monoisotopic (exact) mass is 471 g/mol. The first-order valence-electron chi connectivity index (χ1n) is 11.6. The summed E-state index contributed by atoms with van der Waals surface area (Å²) in [4.78, 5) is 29.0. The number of benzene rings is 3. The number of hydrogen-bond acceptors (Lipinski definition) is 4. The minimum absolute atomic E-state index is 0.240. The fourth-order valence-corrected chi connectivity index (χ4v) is 5.25. The van der Waals surface area contributed by atoms with Crippen LogP contribution in [0.3, 0.4) is 0 Å². The number of fused-ring (bicyclic) bond motifs is 4. The molecule has 3 atom stereocenters. The summed E-state index contributed by atoms with van der Waals surface area (Å²) in [5.74, 6) is 0.0830. The molecule has 0 aromatic heterocycles. The van der Waals surface area contributed by atoms with Crippen molar-refractivity contribution in [3.05, 3.63) is 82.9 Å². The number of nitrogens with one attached hydrogen (secondary N) is 2. The predicted molar refractivity (Wildman–Crippen MR) is 135 cm³/mol. The molecule has 35 heavy (non-hydrogen) atoms. The Hall–Kier alpha value is -4.00. The predicted octanol–water partition coefficient (Wildman–Crippen LogP) is 5.25. The molecular weight excluding hydrogens is 442 g/mol. The van der Waals surface area contributed by atoms with Gasteiger partial charge in [-0.25, -0.2) is 4.79 Å². The summed E-state index contributed by atoms with van der Waals surface area (Å²) in [5.41, 5.74) is 3.84. The van der Waals surface area contributed by atoms with Gasteiger partial charge in [0, 0.05) is 16.9 Å². The van der Waals surface area contributed by atoms with Crippen molar-refractivity contribution in [2.24, 2.45) is 5.92 Å². The van der Waals surface area contributed by atoms with Crippen LogP contribution in [0.5, 0.6) is 11.5 Å². The second-order valence-corrected chi connectivity index (χ2v) is 9.42. The lowest BCUT2D eigenvalue weighted by Crippen LogP contribution is -2.72. The number of para-hydroxylation sites is 1. The second kappa shape index (κ2) is 8.34. The van der Waals surface area contributed by atoms with E-state index in [0.717, 1.165) is 22.4 Å². The third kappa shape index (κ3) is 3.67. The van der Waals surface area contributed by atoms with Crippen molar-refractivity contribution >= 4 is 23.3 Å². The molecule has 1 saturated heterocycles. The van der Waals surface area contributed by atoms with Crippen molar-refractivity contribution in [2.45, 2.75) is 39.5 Å². The Kier molecular flexibility index (Phi) is 5.43. The maximum absolute atomic E-state index is 13.9. The fraction of sp³-hybridized carbons (Fsp3) is 0.286. The average Bonchev–Trinajstić information content (AvgIpc) is 2.80. The first-order chi connectivity index (χ1) is 16.7. The molecule has 3 aromatic carbocycles. The van der Waals surface area contributed by atoms with E-state index in [1.807, 2.05) is 81.4 Å². The number of urea groups is 1. The molecule has 3 aromatic rings. The number of hydrogen-bond donors (Lipinski definition) is 2. The van der Waals surface area contributed by atoms with E-state index in [1.54, 1.807) is 14.0 Å². The number of anilines is 2. The van der Waals surface area contributed by atoms with Crippen molar-refractivity contribution < 1.29 is 19.1 Å². The molecule has 0 saturated carbocycles. The zero-order valence-corrected chi connectivity index (χ0v) is 20.5. The SMILES string of the molecule is COc1cccc2c1O[C@@]1(C)[C@H](C(=O)Nc3ccc(C)cc3C)[C@H]2NC(=O)N1c1cccc(C)c1. The molecule has 2 aliphatic heterocycles.